The van der Waals surface area contributed by atoms with Gasteiger partial charge in [-0.1, -0.05) is 6.07 Å². The first-order valence-corrected chi connectivity index (χ1v) is 10.7. The van der Waals surface area contributed by atoms with Gasteiger partial charge < -0.3 is 54.7 Å². The van der Waals surface area contributed by atoms with Gasteiger partial charge in [0, 0.05) is 19.1 Å². The molecule has 2 heterocycles. The normalized spacial score (nSPS) is 29.8. The number of rotatable bonds is 5. The van der Waals surface area contributed by atoms with Crippen LogP contribution in [0, 0.1) is 0 Å². The zero-order valence-corrected chi connectivity index (χ0v) is 18.7. The van der Waals surface area contributed by atoms with Gasteiger partial charge >= 0.3 is 5.97 Å². The molecule has 7 unspecified atom stereocenters. The van der Waals surface area contributed by atoms with Gasteiger partial charge in [-0.3, -0.25) is 9.59 Å². The Morgan fingerprint density at radius 2 is 1.67 bits per heavy atom. The van der Waals surface area contributed by atoms with Crippen molar-refractivity contribution in [1.29, 1.82) is 0 Å². The van der Waals surface area contributed by atoms with Crippen molar-refractivity contribution in [2.75, 3.05) is 6.61 Å². The molecule has 1 fully saturated rings. The summed E-state index contributed by atoms with van der Waals surface area (Å²) in [5, 5.41) is 70.7. The maximum Gasteiger partial charge on any atom is 0.302 e. The first-order valence-electron chi connectivity index (χ1n) is 10.7. The molecular formula is C23H24O13. The molecule has 2 aliphatic heterocycles. The minimum absolute atomic E-state index is 0.125. The first-order chi connectivity index (χ1) is 17.0. The first kappa shape index (κ1) is 25.5. The number of hydrogen-bond donors (Lipinski definition) is 7. The van der Waals surface area contributed by atoms with Gasteiger partial charge in [0.2, 0.25) is 5.78 Å². The van der Waals surface area contributed by atoms with Crippen LogP contribution >= 0.6 is 0 Å². The van der Waals surface area contributed by atoms with Crippen LogP contribution in [0.3, 0.4) is 0 Å². The third-order valence-electron chi connectivity index (χ3n) is 5.83. The topological polar surface area (TPSA) is 213 Å². The molecule has 2 aromatic carbocycles. The summed E-state index contributed by atoms with van der Waals surface area (Å²) in [6.45, 7) is 0.624. The van der Waals surface area contributed by atoms with Crippen molar-refractivity contribution >= 4 is 11.8 Å². The number of aromatic hydroxyl groups is 4. The van der Waals surface area contributed by atoms with Gasteiger partial charge in [-0.15, -0.1) is 0 Å². The van der Waals surface area contributed by atoms with Crippen LogP contribution in [-0.2, 0) is 19.0 Å². The molecule has 0 saturated carbocycles. The molecule has 2 aromatic rings. The van der Waals surface area contributed by atoms with E-state index < -0.39 is 84.3 Å². The van der Waals surface area contributed by atoms with E-state index in [9.17, 15) is 45.3 Å². The average Bonchev–Trinajstić information content (AvgIpc) is 2.81. The number of benzene rings is 2. The van der Waals surface area contributed by atoms with Crippen LogP contribution in [0.5, 0.6) is 28.7 Å². The van der Waals surface area contributed by atoms with Crippen molar-refractivity contribution in [2.45, 2.75) is 49.8 Å². The van der Waals surface area contributed by atoms with Gasteiger partial charge in [0.15, 0.2) is 30.0 Å². The molecule has 0 aromatic heterocycles. The van der Waals surface area contributed by atoms with Crippen LogP contribution < -0.4 is 4.74 Å². The molecule has 4 rings (SSSR count). The number of aliphatic hydroxyl groups excluding tert-OH is 3. The number of carbonyl (C=O) groups is 2. The molecule has 36 heavy (non-hydrogen) atoms. The van der Waals surface area contributed by atoms with E-state index in [1.165, 1.54) is 6.07 Å². The lowest BCUT2D eigenvalue weighted by Crippen LogP contribution is -2.60. The monoisotopic (exact) mass is 508 g/mol. The Hall–Kier alpha value is -3.62. The number of phenols is 4. The van der Waals surface area contributed by atoms with Gasteiger partial charge in [0.05, 0.1) is 0 Å². The Labute approximate surface area is 203 Å². The quantitative estimate of drug-likeness (QED) is 0.202. The molecule has 0 radical (unpaired) electrons. The number of carbonyl (C=O) groups excluding carboxylic acids is 2. The fraction of sp³-hybridized carbons (Fsp3) is 0.391. The minimum Gasteiger partial charge on any atom is -0.508 e. The standard InChI is InChI=1S/C23H24O13/c1-8(24)33-7-15-17(29)19(31)20(32)23(35-15)36-22-18(30)16-13(28)5-10(25)6-14(16)34-21(22)9-2-3-11(26)12(27)4-9/h2-6,15,17,19-23,25-29,31-32H,7H2,1H3. The van der Waals surface area contributed by atoms with Crippen molar-refractivity contribution in [1.82, 2.24) is 0 Å². The van der Waals surface area contributed by atoms with Gasteiger partial charge in [-0.25, -0.2) is 0 Å². The summed E-state index contributed by atoms with van der Waals surface area (Å²) in [7, 11) is 0. The maximum atomic E-state index is 13.4. The summed E-state index contributed by atoms with van der Waals surface area (Å²) >= 11 is 0. The van der Waals surface area contributed by atoms with Crippen LogP contribution in [0.2, 0.25) is 0 Å². The summed E-state index contributed by atoms with van der Waals surface area (Å²) in [5.41, 5.74) is -0.223. The summed E-state index contributed by atoms with van der Waals surface area (Å²) < 4.78 is 21.8. The second kappa shape index (κ2) is 9.79. The number of ether oxygens (including phenoxy) is 4. The highest BCUT2D eigenvalue weighted by Crippen LogP contribution is 2.44. The van der Waals surface area contributed by atoms with Gasteiger partial charge in [0.1, 0.15) is 53.8 Å². The molecule has 0 spiro atoms. The lowest BCUT2D eigenvalue weighted by Gasteiger charge is -2.42. The zero-order valence-electron chi connectivity index (χ0n) is 18.7. The highest BCUT2D eigenvalue weighted by atomic mass is 16.7. The third-order valence-corrected chi connectivity index (χ3v) is 5.83. The predicted octanol–water partition coefficient (Wildman–Crippen LogP) is -0.419. The number of phenolic OH excluding ortho intramolecular Hbond substituents is 4. The highest BCUT2D eigenvalue weighted by Gasteiger charge is 2.49. The number of hydrogen-bond acceptors (Lipinski definition) is 13. The Morgan fingerprint density at radius 3 is 2.33 bits per heavy atom. The molecular weight excluding hydrogens is 484 g/mol. The van der Waals surface area contributed by atoms with Gasteiger partial charge in [-0.2, -0.15) is 0 Å². The minimum atomic E-state index is -1.86. The Kier molecular flexibility index (Phi) is 6.93. The molecule has 0 amide bonds. The zero-order chi connectivity index (χ0) is 26.3. The predicted molar refractivity (Wildman–Crippen MR) is 115 cm³/mol. The lowest BCUT2D eigenvalue weighted by molar-refractivity contribution is -0.312. The number of esters is 1. The Bertz CT molecular complexity index is 1160. The second-order valence-electron chi connectivity index (χ2n) is 8.36. The number of ketones is 1. The maximum absolute atomic E-state index is 13.4. The second-order valence-corrected chi connectivity index (χ2v) is 8.36. The van der Waals surface area contributed by atoms with Crippen LogP contribution in [-0.4, -0.2) is 90.9 Å². The van der Waals surface area contributed by atoms with Crippen LogP contribution in [0.1, 0.15) is 28.9 Å². The van der Waals surface area contributed by atoms with Crippen LogP contribution in [0.4, 0.5) is 0 Å². The smallest absolute Gasteiger partial charge is 0.302 e. The van der Waals surface area contributed by atoms with Crippen molar-refractivity contribution in [2.24, 2.45) is 0 Å². The molecule has 0 aliphatic carbocycles. The number of Topliss-reactive ketones (excluding diaryl/α,β-unsaturated/α-hetero) is 1. The van der Waals surface area contributed by atoms with E-state index in [2.05, 4.69) is 0 Å². The van der Waals surface area contributed by atoms with E-state index in [1.807, 2.05) is 0 Å². The van der Waals surface area contributed by atoms with Crippen LogP contribution in [0.25, 0.3) is 0 Å². The summed E-state index contributed by atoms with van der Waals surface area (Å²) in [5.74, 6) is -3.78. The number of fused-ring (bicyclic) bond motifs is 1. The Morgan fingerprint density at radius 1 is 0.944 bits per heavy atom. The van der Waals surface area contributed by atoms with Crippen molar-refractivity contribution in [3.63, 3.8) is 0 Å². The fourth-order valence-electron chi connectivity index (χ4n) is 4.01. The van der Waals surface area contributed by atoms with E-state index in [1.54, 1.807) is 0 Å². The van der Waals surface area contributed by atoms with Gasteiger partial charge in [-0.05, 0) is 17.7 Å². The van der Waals surface area contributed by atoms with Crippen molar-refractivity contribution in [3.8, 4) is 28.7 Å². The van der Waals surface area contributed by atoms with E-state index in [-0.39, 0.29) is 16.9 Å². The molecule has 194 valence electrons. The summed E-state index contributed by atoms with van der Waals surface area (Å²) in [4.78, 5) is 24.6. The van der Waals surface area contributed by atoms with Crippen LogP contribution in [0.15, 0.2) is 30.3 Å². The van der Waals surface area contributed by atoms with E-state index >= 15 is 0 Å². The number of aliphatic hydroxyl groups is 3. The largest absolute Gasteiger partial charge is 0.508 e. The molecule has 13 heteroatoms. The molecule has 0 bridgehead atoms. The highest BCUT2D eigenvalue weighted by molar-refractivity contribution is 6.05. The SMILES string of the molecule is CC(=O)OCC1OC(OC2C(=O)c3c(O)cc(O)cc3OC2c2ccc(O)c(O)c2)C(O)C(O)C1O. The van der Waals surface area contributed by atoms with Crippen molar-refractivity contribution < 1.29 is 64.3 Å². The van der Waals surface area contributed by atoms with E-state index in [0.29, 0.717) is 0 Å². The fourth-order valence-corrected chi connectivity index (χ4v) is 4.01. The third kappa shape index (κ3) is 4.74. The van der Waals surface area contributed by atoms with Crippen molar-refractivity contribution in [3.05, 3.63) is 41.5 Å². The molecule has 7 atom stereocenters. The molecule has 13 nitrogen and oxygen atoms in total. The summed E-state index contributed by atoms with van der Waals surface area (Å²) in [6.07, 6.45) is -11.4. The molecule has 1 saturated heterocycles. The van der Waals surface area contributed by atoms with E-state index in [4.69, 9.17) is 18.9 Å². The van der Waals surface area contributed by atoms with E-state index in [0.717, 1.165) is 31.2 Å². The summed E-state index contributed by atoms with van der Waals surface area (Å²) in [6, 6.07) is 5.53. The van der Waals surface area contributed by atoms with Gasteiger partial charge in [0.25, 0.3) is 0 Å². The Balaban J connectivity index is 1.70. The molecule has 2 aliphatic rings. The average molecular weight is 508 g/mol. The molecule has 7 N–H and O–H groups in total. The lowest BCUT2D eigenvalue weighted by atomic mass is 9.92.